The molecule has 8 heteroatoms. The van der Waals surface area contributed by atoms with Gasteiger partial charge in [0.05, 0.1) is 9.92 Å². The third-order valence-corrected chi connectivity index (χ3v) is 8.89. The summed E-state index contributed by atoms with van der Waals surface area (Å²) in [6, 6.07) is 16.2. The molecule has 0 saturated carbocycles. The minimum atomic E-state index is -3.49. The van der Waals surface area contributed by atoms with Crippen molar-refractivity contribution in [2.75, 3.05) is 19.6 Å². The molecule has 2 aliphatic heterocycles. The lowest BCUT2D eigenvalue weighted by Gasteiger charge is -2.45. The van der Waals surface area contributed by atoms with Crippen LogP contribution in [0.2, 0.25) is 5.02 Å². The van der Waals surface area contributed by atoms with Crippen molar-refractivity contribution < 1.29 is 13.2 Å². The minimum absolute atomic E-state index is 0.284. The SMILES string of the molecule is O=S(=O)(c1ccc(Oc2ccccc2Cl)cc1)N1CC(N2CCc3sccc3C2)C1. The number of sulfonamides is 1. The maximum atomic E-state index is 13.0. The maximum Gasteiger partial charge on any atom is 0.243 e. The largest absolute Gasteiger partial charge is 0.456 e. The molecule has 0 N–H and O–H groups in total. The van der Waals surface area contributed by atoms with Gasteiger partial charge in [0.15, 0.2) is 0 Å². The van der Waals surface area contributed by atoms with E-state index < -0.39 is 10.0 Å². The van der Waals surface area contributed by atoms with Crippen molar-refractivity contribution >= 4 is 33.0 Å². The third kappa shape index (κ3) is 3.76. The zero-order valence-electron chi connectivity index (χ0n) is 16.2. The molecule has 1 aromatic heterocycles. The molecule has 0 spiro atoms. The molecule has 156 valence electrons. The van der Waals surface area contributed by atoms with E-state index in [1.807, 2.05) is 23.5 Å². The summed E-state index contributed by atoms with van der Waals surface area (Å²) in [4.78, 5) is 4.15. The number of nitrogens with zero attached hydrogens (tertiary/aromatic N) is 2. The van der Waals surface area contributed by atoms with Crippen molar-refractivity contribution in [3.63, 3.8) is 0 Å². The van der Waals surface area contributed by atoms with Gasteiger partial charge in [-0.1, -0.05) is 23.7 Å². The molecular weight excluding hydrogens is 440 g/mol. The normalized spacial score (nSPS) is 18.0. The second-order valence-electron chi connectivity index (χ2n) is 7.57. The summed E-state index contributed by atoms with van der Waals surface area (Å²) < 4.78 is 33.3. The van der Waals surface area contributed by atoms with Crippen molar-refractivity contribution in [2.24, 2.45) is 0 Å². The van der Waals surface area contributed by atoms with Gasteiger partial charge in [-0.15, -0.1) is 11.3 Å². The van der Waals surface area contributed by atoms with Crippen molar-refractivity contribution in [1.82, 2.24) is 9.21 Å². The summed E-state index contributed by atoms with van der Waals surface area (Å²) >= 11 is 7.93. The van der Waals surface area contributed by atoms with Crippen LogP contribution in [0.5, 0.6) is 11.5 Å². The summed E-state index contributed by atoms with van der Waals surface area (Å²) in [5, 5.41) is 2.65. The Balaban J connectivity index is 1.22. The highest BCUT2D eigenvalue weighted by molar-refractivity contribution is 7.89. The topological polar surface area (TPSA) is 49.9 Å². The molecule has 0 bridgehead atoms. The number of hydrogen-bond donors (Lipinski definition) is 0. The van der Waals surface area contributed by atoms with Gasteiger partial charge in [-0.25, -0.2) is 8.42 Å². The standard InChI is InChI=1S/C22H21ClN2O3S2/c23-20-3-1-2-4-21(20)28-18-5-7-19(8-6-18)30(26,27)25-14-17(15-25)24-11-9-22-16(13-24)10-12-29-22/h1-8,10,12,17H,9,11,13-15H2. The molecule has 2 aromatic carbocycles. The monoisotopic (exact) mass is 460 g/mol. The van der Waals surface area contributed by atoms with Crippen LogP contribution in [0.15, 0.2) is 64.9 Å². The Morgan fingerprint density at radius 1 is 1.03 bits per heavy atom. The third-order valence-electron chi connectivity index (χ3n) is 5.71. The molecule has 0 aliphatic carbocycles. The van der Waals surface area contributed by atoms with Crippen LogP contribution in [0.4, 0.5) is 0 Å². The van der Waals surface area contributed by atoms with E-state index in [-0.39, 0.29) is 10.9 Å². The van der Waals surface area contributed by atoms with Crippen LogP contribution in [0.25, 0.3) is 0 Å². The van der Waals surface area contributed by atoms with E-state index in [4.69, 9.17) is 16.3 Å². The number of halogens is 1. The molecule has 2 aliphatic rings. The average Bonchev–Trinajstić information content (AvgIpc) is 3.17. The first-order valence-electron chi connectivity index (χ1n) is 9.82. The van der Waals surface area contributed by atoms with Crippen LogP contribution >= 0.6 is 22.9 Å². The Kier molecular flexibility index (Phi) is 5.33. The molecule has 0 atom stereocenters. The first kappa shape index (κ1) is 20.0. The highest BCUT2D eigenvalue weighted by Crippen LogP contribution is 2.32. The summed E-state index contributed by atoms with van der Waals surface area (Å²) in [7, 11) is -3.49. The van der Waals surface area contributed by atoms with Gasteiger partial charge in [0, 0.05) is 37.1 Å². The van der Waals surface area contributed by atoms with Crippen LogP contribution in [-0.2, 0) is 23.0 Å². The molecule has 5 rings (SSSR count). The predicted octanol–water partition coefficient (Wildman–Crippen LogP) is 4.63. The molecule has 0 amide bonds. The van der Waals surface area contributed by atoms with Crippen molar-refractivity contribution in [3.05, 3.63) is 75.4 Å². The van der Waals surface area contributed by atoms with Gasteiger partial charge in [-0.3, -0.25) is 4.90 Å². The van der Waals surface area contributed by atoms with Crippen molar-refractivity contribution in [3.8, 4) is 11.5 Å². The van der Waals surface area contributed by atoms with E-state index in [0.717, 1.165) is 19.5 Å². The molecule has 3 heterocycles. The maximum absolute atomic E-state index is 13.0. The fourth-order valence-electron chi connectivity index (χ4n) is 3.91. The van der Waals surface area contributed by atoms with Crippen LogP contribution in [-0.4, -0.2) is 43.3 Å². The lowest BCUT2D eigenvalue weighted by atomic mass is 10.0. The van der Waals surface area contributed by atoms with Crippen LogP contribution in [0.3, 0.4) is 0 Å². The predicted molar refractivity (Wildman–Crippen MR) is 119 cm³/mol. The van der Waals surface area contributed by atoms with E-state index in [9.17, 15) is 8.42 Å². The Bertz CT molecular complexity index is 1160. The van der Waals surface area contributed by atoms with E-state index in [1.165, 1.54) is 10.4 Å². The number of fused-ring (bicyclic) bond motifs is 1. The van der Waals surface area contributed by atoms with Gasteiger partial charge in [0.25, 0.3) is 0 Å². The van der Waals surface area contributed by atoms with Crippen LogP contribution < -0.4 is 4.74 Å². The Morgan fingerprint density at radius 2 is 1.80 bits per heavy atom. The Hall–Kier alpha value is -1.90. The molecule has 5 nitrogen and oxygen atoms in total. The smallest absolute Gasteiger partial charge is 0.243 e. The first-order valence-corrected chi connectivity index (χ1v) is 12.5. The van der Waals surface area contributed by atoms with Crippen LogP contribution in [0, 0.1) is 0 Å². The van der Waals surface area contributed by atoms with E-state index >= 15 is 0 Å². The number of thiophene rings is 1. The number of benzene rings is 2. The van der Waals surface area contributed by atoms with Crippen LogP contribution in [0.1, 0.15) is 10.4 Å². The molecule has 0 radical (unpaired) electrons. The molecule has 3 aromatic rings. The van der Waals surface area contributed by atoms with Crippen molar-refractivity contribution in [2.45, 2.75) is 23.9 Å². The average molecular weight is 461 g/mol. The highest BCUT2D eigenvalue weighted by Gasteiger charge is 2.40. The molecule has 1 saturated heterocycles. The van der Waals surface area contributed by atoms with Crippen molar-refractivity contribution in [1.29, 1.82) is 0 Å². The quantitative estimate of drug-likeness (QED) is 0.557. The highest BCUT2D eigenvalue weighted by atomic mass is 35.5. The summed E-state index contributed by atoms with van der Waals surface area (Å²) in [6.07, 6.45) is 1.06. The summed E-state index contributed by atoms with van der Waals surface area (Å²) in [6.45, 7) is 3.00. The zero-order chi connectivity index (χ0) is 20.7. The number of para-hydroxylation sites is 1. The Morgan fingerprint density at radius 3 is 2.57 bits per heavy atom. The molecule has 1 fully saturated rings. The fourth-order valence-corrected chi connectivity index (χ4v) is 6.49. The van der Waals surface area contributed by atoms with Gasteiger partial charge < -0.3 is 4.74 Å². The zero-order valence-corrected chi connectivity index (χ0v) is 18.6. The summed E-state index contributed by atoms with van der Waals surface area (Å²) in [5.41, 5.74) is 1.39. The second-order valence-corrected chi connectivity index (χ2v) is 10.9. The van der Waals surface area contributed by atoms with E-state index in [0.29, 0.717) is 29.6 Å². The van der Waals surface area contributed by atoms with E-state index in [2.05, 4.69) is 16.3 Å². The Labute approximate surface area is 185 Å². The summed E-state index contributed by atoms with van der Waals surface area (Å²) in [5.74, 6) is 1.08. The van der Waals surface area contributed by atoms with Gasteiger partial charge >= 0.3 is 0 Å². The lowest BCUT2D eigenvalue weighted by molar-refractivity contribution is 0.0775. The number of rotatable bonds is 5. The fraction of sp³-hybridized carbons (Fsp3) is 0.273. The second kappa shape index (κ2) is 7.98. The molecule has 30 heavy (non-hydrogen) atoms. The molecular formula is C22H21ClN2O3S2. The molecule has 0 unspecified atom stereocenters. The van der Waals surface area contributed by atoms with Gasteiger partial charge in [-0.2, -0.15) is 4.31 Å². The first-order chi connectivity index (χ1) is 14.5. The minimum Gasteiger partial charge on any atom is -0.456 e. The van der Waals surface area contributed by atoms with E-state index in [1.54, 1.807) is 40.7 Å². The van der Waals surface area contributed by atoms with Gasteiger partial charge in [0.1, 0.15) is 11.5 Å². The lowest BCUT2D eigenvalue weighted by Crippen LogP contribution is -2.61. The van der Waals surface area contributed by atoms with Gasteiger partial charge in [-0.05, 0) is 59.8 Å². The van der Waals surface area contributed by atoms with Gasteiger partial charge in [0.2, 0.25) is 10.0 Å². The number of hydrogen-bond acceptors (Lipinski definition) is 5. The number of ether oxygens (including phenoxy) is 1.